The number of aromatic nitrogens is 1. The van der Waals surface area contributed by atoms with Crippen LogP contribution in [0.3, 0.4) is 0 Å². The molecule has 298 valence electrons. The van der Waals surface area contributed by atoms with Crippen LogP contribution in [0, 0.1) is 23.2 Å². The monoisotopic (exact) mass is 803 g/mol. The van der Waals surface area contributed by atoms with Gasteiger partial charge in [0.25, 0.3) is 0 Å². The molecule has 2 aliphatic carbocycles. The van der Waals surface area contributed by atoms with Gasteiger partial charge in [0.05, 0.1) is 19.2 Å². The van der Waals surface area contributed by atoms with Gasteiger partial charge in [0.1, 0.15) is 5.75 Å². The Hall–Kier alpha value is -4.40. The van der Waals surface area contributed by atoms with Gasteiger partial charge in [-0.3, -0.25) is 9.59 Å². The fourth-order valence-corrected chi connectivity index (χ4v) is 11.2. The number of hydrogen-bond acceptors (Lipinski definition) is 9. The molecule has 0 saturated heterocycles. The molecule has 1 aliphatic heterocycles. The fraction of sp³-hybridized carbons (Fsp3) is 0.404. The Labute approximate surface area is 344 Å². The van der Waals surface area contributed by atoms with Crippen molar-refractivity contribution < 1.29 is 24.5 Å². The van der Waals surface area contributed by atoms with Gasteiger partial charge in [-0.05, 0) is 108 Å². The smallest absolute Gasteiger partial charge is 0.165 e. The average Bonchev–Trinajstić information content (AvgIpc) is 3.85. The van der Waals surface area contributed by atoms with Crippen LogP contribution in [0.2, 0.25) is 0 Å². The number of phenolic OH excluding ortho intramolecular Hbond substituents is 2. The van der Waals surface area contributed by atoms with Crippen LogP contribution in [-0.2, 0) is 29.8 Å². The lowest BCUT2D eigenvalue weighted by atomic mass is 9.80. The molecule has 3 aromatic carbocycles. The van der Waals surface area contributed by atoms with E-state index in [0.717, 1.165) is 83.4 Å². The summed E-state index contributed by atoms with van der Waals surface area (Å²) in [7, 11) is 3.65. The van der Waals surface area contributed by atoms with E-state index in [0.29, 0.717) is 54.2 Å². The van der Waals surface area contributed by atoms with Gasteiger partial charge in [0, 0.05) is 65.3 Å². The summed E-state index contributed by atoms with van der Waals surface area (Å²) in [6.45, 7) is 2.49. The van der Waals surface area contributed by atoms with Gasteiger partial charge < -0.3 is 31.4 Å². The van der Waals surface area contributed by atoms with E-state index in [2.05, 4.69) is 35.9 Å². The Balaban J connectivity index is 1.27. The molecule has 1 saturated carbocycles. The van der Waals surface area contributed by atoms with Crippen molar-refractivity contribution in [3.63, 3.8) is 0 Å². The maximum atomic E-state index is 14.1. The Morgan fingerprint density at radius 2 is 1.81 bits per heavy atom. The predicted molar refractivity (Wildman–Crippen MR) is 231 cm³/mol. The van der Waals surface area contributed by atoms with E-state index < -0.39 is 12.1 Å². The van der Waals surface area contributed by atoms with Crippen molar-refractivity contribution in [2.75, 3.05) is 12.4 Å². The van der Waals surface area contributed by atoms with E-state index in [-0.39, 0.29) is 41.5 Å². The van der Waals surface area contributed by atoms with Crippen LogP contribution in [-0.4, -0.2) is 39.1 Å². The van der Waals surface area contributed by atoms with Crippen LogP contribution < -0.4 is 16.2 Å². The first kappa shape index (κ1) is 40.8. The van der Waals surface area contributed by atoms with Crippen molar-refractivity contribution in [3.05, 3.63) is 123 Å². The Bertz CT molecular complexity index is 2200. The van der Waals surface area contributed by atoms with Gasteiger partial charge in [-0.25, -0.2) is 0 Å². The third kappa shape index (κ3) is 9.84. The molecular formula is C47H53N3O5S2. The molecule has 3 atom stereocenters. The molecule has 1 fully saturated rings. The minimum atomic E-state index is -0.723. The quantitative estimate of drug-likeness (QED) is 0.0773. The number of aromatic amines is 1. The number of aryl methyl sites for hydroxylation is 1. The summed E-state index contributed by atoms with van der Waals surface area (Å²) in [4.78, 5) is 30.5. The number of nitrogens with one attached hydrogen (secondary N) is 1. The third-order valence-corrected chi connectivity index (χ3v) is 14.3. The van der Waals surface area contributed by atoms with E-state index in [1.165, 1.54) is 0 Å². The summed E-state index contributed by atoms with van der Waals surface area (Å²) in [5.74, 6) is 8.94. The fourth-order valence-electron chi connectivity index (χ4n) is 8.65. The van der Waals surface area contributed by atoms with Crippen molar-refractivity contribution in [3.8, 4) is 29.1 Å². The van der Waals surface area contributed by atoms with E-state index in [9.17, 15) is 19.8 Å². The van der Waals surface area contributed by atoms with Crippen molar-refractivity contribution in [1.29, 1.82) is 0 Å². The molecule has 2 heterocycles. The van der Waals surface area contributed by atoms with E-state index in [1.54, 1.807) is 29.1 Å². The molecular weight excluding hydrogens is 751 g/mol. The summed E-state index contributed by atoms with van der Waals surface area (Å²) >= 11 is 0. The number of ether oxygens (including phenoxy) is 1. The van der Waals surface area contributed by atoms with Gasteiger partial charge >= 0.3 is 0 Å². The number of carbonyl (C=O) groups is 2. The van der Waals surface area contributed by atoms with Gasteiger partial charge in [0.15, 0.2) is 23.1 Å². The van der Waals surface area contributed by atoms with Gasteiger partial charge in [-0.15, -0.1) is 0 Å². The second-order valence-electron chi connectivity index (χ2n) is 15.9. The number of fused-ring (bicyclic) bond motifs is 9. The van der Waals surface area contributed by atoms with E-state index >= 15 is 0 Å². The van der Waals surface area contributed by atoms with Crippen LogP contribution in [0.5, 0.6) is 17.2 Å². The van der Waals surface area contributed by atoms with Gasteiger partial charge in [0.2, 0.25) is 0 Å². The molecule has 3 aliphatic rings. The first-order valence-corrected chi connectivity index (χ1v) is 22.7. The number of phenols is 2. The summed E-state index contributed by atoms with van der Waals surface area (Å²) < 4.78 is 6.12. The number of ketones is 2. The number of H-pyrrole nitrogens is 1. The average molecular weight is 804 g/mol. The maximum absolute atomic E-state index is 14.1. The molecule has 10 heteroatoms. The zero-order chi connectivity index (χ0) is 39.9. The minimum absolute atomic E-state index is 0.0347. The van der Waals surface area contributed by atoms with Gasteiger partial charge in [-0.2, -0.15) is 0 Å². The molecule has 8 nitrogen and oxygen atoms in total. The third-order valence-electron chi connectivity index (χ3n) is 11.9. The molecule has 0 radical (unpaired) electrons. The molecule has 4 aromatic rings. The molecule has 0 amide bonds. The number of allylic oxidation sites excluding steroid dienone is 2. The number of carbonyl (C=O) groups excluding carboxylic acids is 2. The van der Waals surface area contributed by atoms with Crippen LogP contribution in [0.4, 0.5) is 0 Å². The lowest BCUT2D eigenvalue weighted by Crippen LogP contribution is -2.22. The van der Waals surface area contributed by atoms with E-state index in [4.69, 9.17) is 16.2 Å². The van der Waals surface area contributed by atoms with Crippen LogP contribution >= 0.6 is 21.6 Å². The number of nitrogens with two attached hydrogens (primary N) is 2. The zero-order valence-electron chi connectivity index (χ0n) is 32.7. The van der Waals surface area contributed by atoms with Crippen molar-refractivity contribution in [1.82, 2.24) is 4.98 Å². The number of aromatic hydroxyl groups is 2. The normalized spacial score (nSPS) is 21.8. The molecule has 8 bridgehead atoms. The lowest BCUT2D eigenvalue weighted by molar-refractivity contribution is -0.114. The van der Waals surface area contributed by atoms with Crippen LogP contribution in [0.1, 0.15) is 125 Å². The highest BCUT2D eigenvalue weighted by atomic mass is 33.1. The SMILES string of the molecule is CCCCC12C=CC(=O)CCc3ccc(O)c(c3)OCCc3ccc(O)c(c3)C3CC(=O)c4cc[nH]c4CC#Cc4cc(C(N)N)c(cc43)CSSCC(CC1)C2. The number of unbranched alkanes of at least 4 members (excludes halogenated alkanes) is 1. The molecule has 7 N–H and O–H groups in total. The Kier molecular flexibility index (Phi) is 13.2. The van der Waals surface area contributed by atoms with Gasteiger partial charge in [-0.1, -0.05) is 83.5 Å². The highest BCUT2D eigenvalue weighted by Gasteiger charge is 2.36. The highest BCUT2D eigenvalue weighted by molar-refractivity contribution is 8.76. The zero-order valence-corrected chi connectivity index (χ0v) is 34.3. The topological polar surface area (TPSA) is 152 Å². The number of rotatable bonds is 4. The van der Waals surface area contributed by atoms with Crippen LogP contribution in [0.25, 0.3) is 0 Å². The molecule has 7 rings (SSSR count). The molecule has 3 unspecified atom stereocenters. The lowest BCUT2D eigenvalue weighted by Gasteiger charge is -2.26. The minimum Gasteiger partial charge on any atom is -0.508 e. The van der Waals surface area contributed by atoms with Crippen molar-refractivity contribution in [2.24, 2.45) is 22.8 Å². The standard InChI is InChI=1S/C47H53N3O5S2/c1-2-3-17-47-18-13-32(27-47)28-56-57-29-34-25-37-33(24-38(34)46(48)49)5-4-6-41-36(15-20-50-41)44(54)26-39(37)40-22-31(8-11-42(40)52)16-21-55-45-23-30(9-12-43(45)53)7-10-35(51)14-19-47/h8-9,11-12,14-15,19-20,22-25,32,39,46,50,52-53H,2-3,6-7,10,13,16-18,21,26-29,48-49H2,1H3. The molecule has 57 heavy (non-hydrogen) atoms. The number of Topliss-reactive ketones (excluding diaryl/α,β-unsaturated/α-hetero) is 1. The predicted octanol–water partition coefficient (Wildman–Crippen LogP) is 9.21. The molecule has 1 aromatic heterocycles. The highest BCUT2D eigenvalue weighted by Crippen LogP contribution is 2.49. The number of hydrogen-bond donors (Lipinski definition) is 5. The maximum Gasteiger partial charge on any atom is 0.165 e. The summed E-state index contributed by atoms with van der Waals surface area (Å²) in [6.07, 6.45) is 13.7. The van der Waals surface area contributed by atoms with Crippen LogP contribution in [0.15, 0.2) is 72.9 Å². The largest absolute Gasteiger partial charge is 0.508 e. The second-order valence-corrected chi connectivity index (χ2v) is 18.4. The first-order valence-electron chi connectivity index (χ1n) is 20.2. The van der Waals surface area contributed by atoms with E-state index in [1.807, 2.05) is 53.3 Å². The first-order chi connectivity index (χ1) is 27.6. The van der Waals surface area contributed by atoms with Crippen molar-refractivity contribution >= 4 is 33.2 Å². The summed E-state index contributed by atoms with van der Waals surface area (Å²) in [6, 6.07) is 16.7. The second kappa shape index (κ2) is 18.5. The summed E-state index contributed by atoms with van der Waals surface area (Å²) in [5.41, 5.74) is 20.1. The Morgan fingerprint density at radius 1 is 0.982 bits per heavy atom. The Morgan fingerprint density at radius 3 is 2.63 bits per heavy atom. The van der Waals surface area contributed by atoms with Crippen molar-refractivity contribution in [2.45, 2.75) is 95.4 Å². The molecule has 0 spiro atoms. The number of benzene rings is 3. The summed E-state index contributed by atoms with van der Waals surface area (Å²) in [5, 5.41) is 22.2.